The highest BCUT2D eigenvalue weighted by Gasteiger charge is 2.27. The van der Waals surface area contributed by atoms with Gasteiger partial charge in [0.05, 0.1) is 25.0 Å². The molecule has 1 aromatic heterocycles. The highest BCUT2D eigenvalue weighted by molar-refractivity contribution is 5.68. The third kappa shape index (κ3) is 2.55. The van der Waals surface area contributed by atoms with Crippen LogP contribution in [-0.4, -0.2) is 32.9 Å². The predicted molar refractivity (Wildman–Crippen MR) is 69.0 cm³/mol. The molecule has 0 fully saturated rings. The van der Waals surface area contributed by atoms with Crippen molar-refractivity contribution in [3.05, 3.63) is 24.0 Å². The van der Waals surface area contributed by atoms with Gasteiger partial charge in [-0.25, -0.2) is 4.79 Å². The van der Waals surface area contributed by atoms with E-state index < -0.39 is 5.60 Å². The van der Waals surface area contributed by atoms with E-state index in [1.165, 1.54) is 0 Å². The highest BCUT2D eigenvalue weighted by atomic mass is 16.6. The molecule has 0 saturated carbocycles. The Hall–Kier alpha value is -1.78. The Balaban J connectivity index is 2.11. The Morgan fingerprint density at radius 3 is 2.83 bits per heavy atom. The number of hydrogen-bond acceptors (Lipinski definition) is 3. The number of aromatic nitrogens is 2. The van der Waals surface area contributed by atoms with Crippen molar-refractivity contribution in [2.24, 2.45) is 0 Å². The van der Waals surface area contributed by atoms with Crippen LogP contribution in [0.3, 0.4) is 0 Å². The van der Waals surface area contributed by atoms with Gasteiger partial charge in [-0.1, -0.05) is 12.7 Å². The van der Waals surface area contributed by atoms with Crippen LogP contribution in [0.2, 0.25) is 0 Å². The van der Waals surface area contributed by atoms with E-state index in [0.717, 1.165) is 11.3 Å². The molecule has 0 bridgehead atoms. The number of fused-ring (bicyclic) bond motifs is 1. The summed E-state index contributed by atoms with van der Waals surface area (Å²) in [7, 11) is 0. The van der Waals surface area contributed by atoms with E-state index in [0.29, 0.717) is 19.6 Å². The van der Waals surface area contributed by atoms with Gasteiger partial charge in [-0.15, -0.1) is 0 Å². The summed E-state index contributed by atoms with van der Waals surface area (Å²) in [5, 5.41) is 4.26. The Morgan fingerprint density at radius 1 is 1.50 bits per heavy atom. The number of amides is 1. The Bertz CT molecular complexity index is 471. The Kier molecular flexibility index (Phi) is 3.15. The third-order valence-corrected chi connectivity index (χ3v) is 2.77. The van der Waals surface area contributed by atoms with Gasteiger partial charge >= 0.3 is 6.09 Å². The van der Waals surface area contributed by atoms with Crippen LogP contribution in [0.25, 0.3) is 6.08 Å². The quantitative estimate of drug-likeness (QED) is 0.767. The average molecular weight is 249 g/mol. The number of ether oxygens (including phenoxy) is 1. The van der Waals surface area contributed by atoms with E-state index in [-0.39, 0.29) is 6.09 Å². The monoisotopic (exact) mass is 249 g/mol. The van der Waals surface area contributed by atoms with Crippen LogP contribution in [0.1, 0.15) is 32.0 Å². The number of carbonyl (C=O) groups is 1. The SMILES string of the molecule is C=Cc1cnn2c1CN(C(=O)OC(C)(C)C)CC2. The number of nitrogens with zero attached hydrogens (tertiary/aromatic N) is 3. The van der Waals surface area contributed by atoms with Crippen LogP contribution in [0.4, 0.5) is 4.79 Å². The van der Waals surface area contributed by atoms with Gasteiger partial charge in [0.15, 0.2) is 0 Å². The zero-order valence-corrected chi connectivity index (χ0v) is 11.1. The molecule has 0 radical (unpaired) electrons. The van der Waals surface area contributed by atoms with Crippen LogP contribution in [0.5, 0.6) is 0 Å². The topological polar surface area (TPSA) is 47.4 Å². The third-order valence-electron chi connectivity index (χ3n) is 2.77. The molecular formula is C13H19N3O2. The first-order valence-corrected chi connectivity index (χ1v) is 6.06. The standard InChI is InChI=1S/C13H19N3O2/c1-5-10-8-14-16-7-6-15(9-11(10)16)12(17)18-13(2,3)4/h5,8H,1,6-7,9H2,2-4H3. The molecule has 0 saturated heterocycles. The maximum Gasteiger partial charge on any atom is 0.410 e. The summed E-state index contributed by atoms with van der Waals surface area (Å²) in [5.74, 6) is 0. The minimum absolute atomic E-state index is 0.273. The number of carbonyl (C=O) groups excluding carboxylic acids is 1. The molecule has 0 aliphatic carbocycles. The molecule has 0 spiro atoms. The molecule has 0 N–H and O–H groups in total. The molecule has 0 unspecified atom stereocenters. The van der Waals surface area contributed by atoms with Gasteiger partial charge in [0.2, 0.25) is 0 Å². The van der Waals surface area contributed by atoms with Crippen molar-refractivity contribution in [2.45, 2.75) is 39.5 Å². The fraction of sp³-hybridized carbons (Fsp3) is 0.538. The van der Waals surface area contributed by atoms with E-state index in [1.54, 1.807) is 17.2 Å². The van der Waals surface area contributed by atoms with Gasteiger partial charge in [-0.05, 0) is 20.8 Å². The zero-order chi connectivity index (χ0) is 13.3. The first kappa shape index (κ1) is 12.7. The van der Waals surface area contributed by atoms with Crippen LogP contribution in [0.15, 0.2) is 12.8 Å². The van der Waals surface area contributed by atoms with E-state index in [2.05, 4.69) is 11.7 Å². The fourth-order valence-electron chi connectivity index (χ4n) is 1.92. The second kappa shape index (κ2) is 4.48. The summed E-state index contributed by atoms with van der Waals surface area (Å²) in [6.45, 7) is 11.2. The zero-order valence-electron chi connectivity index (χ0n) is 11.1. The molecule has 0 aromatic carbocycles. The van der Waals surface area contributed by atoms with E-state index in [1.807, 2.05) is 25.5 Å². The van der Waals surface area contributed by atoms with Crippen molar-refractivity contribution in [1.29, 1.82) is 0 Å². The van der Waals surface area contributed by atoms with Crippen molar-refractivity contribution >= 4 is 12.2 Å². The molecule has 2 rings (SSSR count). The smallest absolute Gasteiger partial charge is 0.410 e. The molecule has 1 amide bonds. The van der Waals surface area contributed by atoms with E-state index >= 15 is 0 Å². The summed E-state index contributed by atoms with van der Waals surface area (Å²) in [5.41, 5.74) is 1.53. The normalized spacial score (nSPS) is 15.2. The summed E-state index contributed by atoms with van der Waals surface area (Å²) in [6, 6.07) is 0. The molecule has 98 valence electrons. The fourth-order valence-corrected chi connectivity index (χ4v) is 1.92. The van der Waals surface area contributed by atoms with Crippen molar-refractivity contribution < 1.29 is 9.53 Å². The maximum atomic E-state index is 12.0. The van der Waals surface area contributed by atoms with Crippen molar-refractivity contribution in [3.8, 4) is 0 Å². The molecule has 0 atom stereocenters. The Labute approximate surface area is 107 Å². The van der Waals surface area contributed by atoms with Gasteiger partial charge in [0, 0.05) is 12.1 Å². The van der Waals surface area contributed by atoms with Gasteiger partial charge in [-0.2, -0.15) is 5.10 Å². The average Bonchev–Trinajstić information content (AvgIpc) is 2.68. The second-order valence-corrected chi connectivity index (χ2v) is 5.38. The molecule has 18 heavy (non-hydrogen) atoms. The predicted octanol–water partition coefficient (Wildman–Crippen LogP) is 2.28. The molecule has 1 aromatic rings. The lowest BCUT2D eigenvalue weighted by molar-refractivity contribution is 0.0194. The highest BCUT2D eigenvalue weighted by Crippen LogP contribution is 2.19. The van der Waals surface area contributed by atoms with Crippen LogP contribution >= 0.6 is 0 Å². The lowest BCUT2D eigenvalue weighted by Crippen LogP contribution is -2.41. The molecule has 1 aliphatic heterocycles. The van der Waals surface area contributed by atoms with Crippen molar-refractivity contribution in [2.75, 3.05) is 6.54 Å². The molecule has 5 nitrogen and oxygen atoms in total. The maximum absolute atomic E-state index is 12.0. The number of rotatable bonds is 1. The van der Waals surface area contributed by atoms with Crippen LogP contribution < -0.4 is 0 Å². The largest absolute Gasteiger partial charge is 0.444 e. The summed E-state index contributed by atoms with van der Waals surface area (Å²) < 4.78 is 7.29. The second-order valence-electron chi connectivity index (χ2n) is 5.38. The molecular weight excluding hydrogens is 230 g/mol. The first-order chi connectivity index (χ1) is 8.40. The van der Waals surface area contributed by atoms with Crippen molar-refractivity contribution in [3.63, 3.8) is 0 Å². The summed E-state index contributed by atoms with van der Waals surface area (Å²) >= 11 is 0. The Morgan fingerprint density at radius 2 is 2.22 bits per heavy atom. The minimum atomic E-state index is -0.462. The van der Waals surface area contributed by atoms with E-state index in [9.17, 15) is 4.79 Å². The summed E-state index contributed by atoms with van der Waals surface area (Å²) in [4.78, 5) is 13.7. The van der Waals surface area contributed by atoms with Crippen molar-refractivity contribution in [1.82, 2.24) is 14.7 Å². The number of hydrogen-bond donors (Lipinski definition) is 0. The molecule has 1 aliphatic rings. The first-order valence-electron chi connectivity index (χ1n) is 6.06. The summed E-state index contributed by atoms with van der Waals surface area (Å²) in [6.07, 6.45) is 3.27. The van der Waals surface area contributed by atoms with Gasteiger partial charge in [0.25, 0.3) is 0 Å². The molecule has 5 heteroatoms. The molecule has 2 heterocycles. The van der Waals surface area contributed by atoms with Gasteiger partial charge in [-0.3, -0.25) is 4.68 Å². The van der Waals surface area contributed by atoms with Gasteiger partial charge in [0.1, 0.15) is 5.60 Å². The van der Waals surface area contributed by atoms with Crippen LogP contribution in [0, 0.1) is 0 Å². The van der Waals surface area contributed by atoms with E-state index in [4.69, 9.17) is 4.74 Å². The van der Waals surface area contributed by atoms with Gasteiger partial charge < -0.3 is 9.64 Å². The minimum Gasteiger partial charge on any atom is -0.444 e. The lowest BCUT2D eigenvalue weighted by Gasteiger charge is -2.30. The lowest BCUT2D eigenvalue weighted by atomic mass is 10.2. The van der Waals surface area contributed by atoms with Crippen LogP contribution in [-0.2, 0) is 17.8 Å².